The zero-order valence-corrected chi connectivity index (χ0v) is 8.27. The molecule has 2 fully saturated rings. The largest absolute Gasteiger partial charge is 0.377 e. The van der Waals surface area contributed by atoms with Gasteiger partial charge in [-0.3, -0.25) is 0 Å². The first-order chi connectivity index (χ1) is 6.47. The minimum absolute atomic E-state index is 0.912. The summed E-state index contributed by atoms with van der Waals surface area (Å²) in [6.07, 6.45) is 6.37. The van der Waals surface area contributed by atoms with E-state index in [1.54, 1.807) is 11.1 Å². The fourth-order valence-corrected chi connectivity index (χ4v) is 2.20. The topological polar surface area (TPSA) is 21.3 Å². The maximum Gasteiger partial charge on any atom is 0.0679 e. The quantitative estimate of drug-likeness (QED) is 0.576. The van der Waals surface area contributed by atoms with Gasteiger partial charge in [-0.1, -0.05) is 5.57 Å². The summed E-state index contributed by atoms with van der Waals surface area (Å²) >= 11 is 0. The second-order valence-corrected chi connectivity index (χ2v) is 3.97. The summed E-state index contributed by atoms with van der Waals surface area (Å²) in [5.41, 5.74) is 3.29. The Hall–Kier alpha value is -0.340. The standard InChI is InChI=1S/C11H19NO/c1-3-10(5-7-12-6-1)11-4-2-8-13-9-11/h12H,1-9H2. The molecule has 0 radical (unpaired) electrons. The first kappa shape index (κ1) is 9.22. The third-order valence-corrected chi connectivity index (χ3v) is 2.98. The van der Waals surface area contributed by atoms with Crippen LogP contribution in [0.4, 0.5) is 0 Å². The molecule has 0 bridgehead atoms. The summed E-state index contributed by atoms with van der Waals surface area (Å²) in [6, 6.07) is 0. The molecule has 0 amide bonds. The van der Waals surface area contributed by atoms with Crippen LogP contribution in [-0.4, -0.2) is 26.3 Å². The first-order valence-corrected chi connectivity index (χ1v) is 5.45. The maximum atomic E-state index is 5.50. The Morgan fingerprint density at radius 3 is 2.69 bits per heavy atom. The number of rotatable bonds is 0. The van der Waals surface area contributed by atoms with Gasteiger partial charge < -0.3 is 10.1 Å². The highest BCUT2D eigenvalue weighted by molar-refractivity contribution is 5.17. The van der Waals surface area contributed by atoms with Crippen LogP contribution in [-0.2, 0) is 4.74 Å². The highest BCUT2D eigenvalue weighted by Gasteiger charge is 2.12. The molecule has 13 heavy (non-hydrogen) atoms. The van der Waals surface area contributed by atoms with Gasteiger partial charge >= 0.3 is 0 Å². The summed E-state index contributed by atoms with van der Waals surface area (Å²) in [5, 5.41) is 3.44. The van der Waals surface area contributed by atoms with E-state index in [2.05, 4.69) is 5.32 Å². The fourth-order valence-electron chi connectivity index (χ4n) is 2.20. The van der Waals surface area contributed by atoms with E-state index in [0.29, 0.717) is 0 Å². The average molecular weight is 181 g/mol. The van der Waals surface area contributed by atoms with E-state index in [-0.39, 0.29) is 0 Å². The molecule has 2 nitrogen and oxygen atoms in total. The molecule has 2 heterocycles. The summed E-state index contributed by atoms with van der Waals surface area (Å²) in [5.74, 6) is 0. The van der Waals surface area contributed by atoms with Crippen LogP contribution in [0.25, 0.3) is 0 Å². The second-order valence-electron chi connectivity index (χ2n) is 3.97. The lowest BCUT2D eigenvalue weighted by Gasteiger charge is -2.18. The predicted octanol–water partition coefficient (Wildman–Crippen LogP) is 1.87. The van der Waals surface area contributed by atoms with E-state index in [9.17, 15) is 0 Å². The van der Waals surface area contributed by atoms with Gasteiger partial charge in [0.1, 0.15) is 0 Å². The minimum atomic E-state index is 0.912. The molecule has 0 spiro atoms. The highest BCUT2D eigenvalue weighted by atomic mass is 16.5. The molecular formula is C11H19NO. The molecule has 2 rings (SSSR count). The van der Waals surface area contributed by atoms with Gasteiger partial charge in [0, 0.05) is 6.61 Å². The molecule has 0 aromatic heterocycles. The molecule has 74 valence electrons. The lowest BCUT2D eigenvalue weighted by Crippen LogP contribution is -2.14. The molecule has 2 aliphatic heterocycles. The second kappa shape index (κ2) is 4.77. The molecular weight excluding hydrogens is 162 g/mol. The van der Waals surface area contributed by atoms with Crippen LogP contribution >= 0.6 is 0 Å². The van der Waals surface area contributed by atoms with Crippen LogP contribution in [0.2, 0.25) is 0 Å². The summed E-state index contributed by atoms with van der Waals surface area (Å²) in [4.78, 5) is 0. The van der Waals surface area contributed by atoms with Crippen molar-refractivity contribution in [2.75, 3.05) is 26.3 Å². The van der Waals surface area contributed by atoms with Crippen LogP contribution in [0.1, 0.15) is 32.1 Å². The van der Waals surface area contributed by atoms with Crippen molar-refractivity contribution >= 4 is 0 Å². The van der Waals surface area contributed by atoms with Crippen molar-refractivity contribution in [1.82, 2.24) is 5.32 Å². The van der Waals surface area contributed by atoms with Gasteiger partial charge in [-0.25, -0.2) is 0 Å². The number of ether oxygens (including phenoxy) is 1. The molecule has 0 aliphatic carbocycles. The molecule has 0 aromatic rings. The van der Waals surface area contributed by atoms with Crippen molar-refractivity contribution < 1.29 is 4.74 Å². The van der Waals surface area contributed by atoms with E-state index in [1.165, 1.54) is 45.2 Å². The Morgan fingerprint density at radius 1 is 0.923 bits per heavy atom. The van der Waals surface area contributed by atoms with Crippen molar-refractivity contribution in [3.63, 3.8) is 0 Å². The Labute approximate surface area is 80.4 Å². The maximum absolute atomic E-state index is 5.50. The zero-order valence-electron chi connectivity index (χ0n) is 8.27. The van der Waals surface area contributed by atoms with E-state index in [0.717, 1.165) is 13.2 Å². The van der Waals surface area contributed by atoms with Gasteiger partial charge in [-0.15, -0.1) is 0 Å². The average Bonchev–Trinajstić information content (AvgIpc) is 2.47. The normalized spacial score (nSPS) is 31.4. The van der Waals surface area contributed by atoms with Crippen LogP contribution in [0, 0.1) is 0 Å². The highest BCUT2D eigenvalue weighted by Crippen LogP contribution is 2.23. The summed E-state index contributed by atoms with van der Waals surface area (Å²) < 4.78 is 5.50. The van der Waals surface area contributed by atoms with Crippen LogP contribution in [0.3, 0.4) is 0 Å². The Morgan fingerprint density at radius 2 is 1.85 bits per heavy atom. The molecule has 0 saturated carbocycles. The smallest absolute Gasteiger partial charge is 0.0679 e. The third kappa shape index (κ3) is 2.55. The Bertz CT molecular complexity index is 180. The lowest BCUT2D eigenvalue weighted by atomic mass is 9.97. The van der Waals surface area contributed by atoms with Gasteiger partial charge in [-0.2, -0.15) is 0 Å². The fraction of sp³-hybridized carbons (Fsp3) is 0.818. The van der Waals surface area contributed by atoms with Gasteiger partial charge in [0.15, 0.2) is 0 Å². The van der Waals surface area contributed by atoms with E-state index in [4.69, 9.17) is 4.74 Å². The van der Waals surface area contributed by atoms with Crippen molar-refractivity contribution in [3.05, 3.63) is 11.1 Å². The van der Waals surface area contributed by atoms with Crippen molar-refractivity contribution in [2.24, 2.45) is 0 Å². The van der Waals surface area contributed by atoms with Gasteiger partial charge in [0.2, 0.25) is 0 Å². The summed E-state index contributed by atoms with van der Waals surface area (Å²) in [6.45, 7) is 4.24. The van der Waals surface area contributed by atoms with Crippen LogP contribution < -0.4 is 5.32 Å². The molecule has 0 aromatic carbocycles. The van der Waals surface area contributed by atoms with Gasteiger partial charge in [-0.05, 0) is 50.8 Å². The monoisotopic (exact) mass is 181 g/mol. The van der Waals surface area contributed by atoms with Crippen molar-refractivity contribution in [2.45, 2.75) is 32.1 Å². The van der Waals surface area contributed by atoms with E-state index in [1.807, 2.05) is 0 Å². The molecule has 2 aliphatic rings. The summed E-state index contributed by atoms with van der Waals surface area (Å²) in [7, 11) is 0. The first-order valence-electron chi connectivity index (χ1n) is 5.45. The molecule has 2 saturated heterocycles. The van der Waals surface area contributed by atoms with Gasteiger partial charge in [0.25, 0.3) is 0 Å². The zero-order chi connectivity index (χ0) is 8.93. The lowest BCUT2D eigenvalue weighted by molar-refractivity contribution is 0.128. The van der Waals surface area contributed by atoms with E-state index < -0.39 is 0 Å². The van der Waals surface area contributed by atoms with Crippen molar-refractivity contribution in [1.29, 1.82) is 0 Å². The van der Waals surface area contributed by atoms with E-state index >= 15 is 0 Å². The molecule has 1 N–H and O–H groups in total. The van der Waals surface area contributed by atoms with Crippen LogP contribution in [0.15, 0.2) is 11.1 Å². The number of hydrogen-bond donors (Lipinski definition) is 1. The molecule has 0 atom stereocenters. The Kier molecular flexibility index (Phi) is 3.39. The third-order valence-electron chi connectivity index (χ3n) is 2.98. The van der Waals surface area contributed by atoms with Crippen molar-refractivity contribution in [3.8, 4) is 0 Å². The predicted molar refractivity (Wildman–Crippen MR) is 53.8 cm³/mol. The van der Waals surface area contributed by atoms with Crippen LogP contribution in [0.5, 0.6) is 0 Å². The molecule has 2 heteroatoms. The SMILES string of the molecule is C1CNCCC(=C2CCCOC2)C1. The molecule has 0 unspecified atom stereocenters. The minimum Gasteiger partial charge on any atom is -0.377 e. The van der Waals surface area contributed by atoms with Gasteiger partial charge in [0.05, 0.1) is 6.61 Å². The number of nitrogens with one attached hydrogen (secondary N) is 1. The Balaban J connectivity index is 2.00. The number of hydrogen-bond acceptors (Lipinski definition) is 2.